The fourth-order valence-electron chi connectivity index (χ4n) is 3.68. The molecule has 2 N–H and O–H groups in total. The number of H-pyrrole nitrogens is 1. The quantitative estimate of drug-likeness (QED) is 0.690. The molecule has 10 nitrogen and oxygen atoms in total. The van der Waals surface area contributed by atoms with E-state index >= 15 is 0 Å². The Kier molecular flexibility index (Phi) is 6.10. The lowest BCUT2D eigenvalue weighted by Crippen LogP contribution is -2.49. The third kappa shape index (κ3) is 4.98. The summed E-state index contributed by atoms with van der Waals surface area (Å²) >= 11 is 0. The molecule has 1 unspecified atom stereocenters. The number of amides is 2. The molecule has 0 radical (unpaired) electrons. The van der Waals surface area contributed by atoms with Crippen LogP contribution in [0.15, 0.2) is 29.7 Å². The van der Waals surface area contributed by atoms with Crippen molar-refractivity contribution in [2.24, 2.45) is 5.16 Å². The number of hydrogen-bond donors (Lipinski definition) is 2. The Morgan fingerprint density at radius 1 is 1.29 bits per heavy atom. The van der Waals surface area contributed by atoms with Gasteiger partial charge in [0.2, 0.25) is 11.8 Å². The number of hydrogen-bond acceptors (Lipinski definition) is 7. The summed E-state index contributed by atoms with van der Waals surface area (Å²) in [6, 6.07) is 5.02. The number of nitrogens with zero attached hydrogens (tertiary/aromatic N) is 5. The number of oxime groups is 1. The van der Waals surface area contributed by atoms with Gasteiger partial charge in [-0.25, -0.2) is 9.37 Å². The first-order valence-corrected chi connectivity index (χ1v) is 10.1. The van der Waals surface area contributed by atoms with Gasteiger partial charge in [-0.3, -0.25) is 14.7 Å². The highest BCUT2D eigenvalue weighted by Crippen LogP contribution is 2.25. The molecule has 1 aromatic carbocycles. The second kappa shape index (κ2) is 9.11. The molecular weight excluding hydrogens is 405 g/mol. The zero-order valence-electron chi connectivity index (χ0n) is 17.2. The van der Waals surface area contributed by atoms with Crippen LogP contribution in [0, 0.1) is 5.82 Å². The Hall–Kier alpha value is -3.50. The number of carbonyl (C=O) groups is 2. The number of anilines is 1. The molecule has 1 fully saturated rings. The zero-order valence-corrected chi connectivity index (χ0v) is 17.2. The van der Waals surface area contributed by atoms with Gasteiger partial charge >= 0.3 is 0 Å². The van der Waals surface area contributed by atoms with Crippen molar-refractivity contribution in [3.63, 3.8) is 0 Å². The third-order valence-corrected chi connectivity index (χ3v) is 5.35. The van der Waals surface area contributed by atoms with Gasteiger partial charge in [-0.1, -0.05) is 11.2 Å². The smallest absolute Gasteiger partial charge is 0.230 e. The van der Waals surface area contributed by atoms with E-state index in [0.29, 0.717) is 61.9 Å². The van der Waals surface area contributed by atoms with E-state index in [2.05, 4.69) is 25.7 Å². The molecule has 2 amide bonds. The van der Waals surface area contributed by atoms with Crippen molar-refractivity contribution in [3.05, 3.63) is 41.7 Å². The maximum atomic E-state index is 14.9. The van der Waals surface area contributed by atoms with Gasteiger partial charge in [0.05, 0.1) is 24.4 Å². The largest absolute Gasteiger partial charge is 0.390 e. The fourth-order valence-corrected chi connectivity index (χ4v) is 3.68. The van der Waals surface area contributed by atoms with Crippen LogP contribution in [0.4, 0.5) is 10.1 Å². The van der Waals surface area contributed by atoms with Gasteiger partial charge in [0.25, 0.3) is 0 Å². The van der Waals surface area contributed by atoms with Crippen molar-refractivity contribution in [3.8, 4) is 0 Å². The summed E-state index contributed by atoms with van der Waals surface area (Å²) in [7, 11) is 0. The van der Waals surface area contributed by atoms with Crippen molar-refractivity contribution >= 4 is 23.2 Å². The topological polar surface area (TPSA) is 116 Å². The van der Waals surface area contributed by atoms with Gasteiger partial charge in [0, 0.05) is 45.1 Å². The molecule has 4 rings (SSSR count). The molecule has 164 valence electrons. The van der Waals surface area contributed by atoms with Crippen LogP contribution in [0.25, 0.3) is 0 Å². The summed E-state index contributed by atoms with van der Waals surface area (Å²) < 4.78 is 14.9. The Labute approximate surface area is 178 Å². The normalized spacial score (nSPS) is 18.5. The lowest BCUT2D eigenvalue weighted by Gasteiger charge is -2.36. The van der Waals surface area contributed by atoms with Crippen LogP contribution in [0.3, 0.4) is 0 Å². The molecule has 31 heavy (non-hydrogen) atoms. The predicted octanol–water partition coefficient (Wildman–Crippen LogP) is 0.464. The molecule has 0 spiro atoms. The minimum Gasteiger partial charge on any atom is -0.390 e. The highest BCUT2D eigenvalue weighted by atomic mass is 19.1. The summed E-state index contributed by atoms with van der Waals surface area (Å²) in [5.74, 6) is 0.0339. The van der Waals surface area contributed by atoms with E-state index in [1.807, 2.05) is 11.0 Å². The van der Waals surface area contributed by atoms with E-state index in [9.17, 15) is 14.0 Å². The molecule has 1 atom stereocenters. The average molecular weight is 429 g/mol. The summed E-state index contributed by atoms with van der Waals surface area (Å²) in [5.41, 5.74) is 1.82. The maximum absolute atomic E-state index is 14.9. The first-order valence-electron chi connectivity index (χ1n) is 10.1. The average Bonchev–Trinajstić information content (AvgIpc) is 3.44. The number of nitrogens with one attached hydrogen (secondary N) is 2. The van der Waals surface area contributed by atoms with Crippen molar-refractivity contribution in [1.82, 2.24) is 25.4 Å². The van der Waals surface area contributed by atoms with Crippen LogP contribution < -0.4 is 10.2 Å². The van der Waals surface area contributed by atoms with E-state index in [4.69, 9.17) is 4.84 Å². The first kappa shape index (κ1) is 20.8. The lowest BCUT2D eigenvalue weighted by molar-refractivity contribution is -0.130. The van der Waals surface area contributed by atoms with Crippen LogP contribution in [-0.2, 0) is 20.8 Å². The van der Waals surface area contributed by atoms with E-state index in [-0.39, 0.29) is 30.2 Å². The van der Waals surface area contributed by atoms with Crippen LogP contribution in [0.2, 0.25) is 0 Å². The molecule has 1 saturated heterocycles. The Bertz CT molecular complexity index is 971. The highest BCUT2D eigenvalue weighted by molar-refractivity contribution is 6.01. The van der Waals surface area contributed by atoms with E-state index in [1.165, 1.54) is 19.3 Å². The first-order chi connectivity index (χ1) is 15.0. The Morgan fingerprint density at radius 2 is 2.10 bits per heavy atom. The van der Waals surface area contributed by atoms with Crippen LogP contribution in [-0.4, -0.2) is 76.4 Å². The van der Waals surface area contributed by atoms with Gasteiger partial charge in [-0.15, -0.1) is 0 Å². The number of rotatable bonds is 6. The second-order valence-corrected chi connectivity index (χ2v) is 7.55. The summed E-state index contributed by atoms with van der Waals surface area (Å²) in [6.45, 7) is 3.92. The third-order valence-electron chi connectivity index (χ3n) is 5.35. The lowest BCUT2D eigenvalue weighted by atomic mass is 10.0. The minimum absolute atomic E-state index is 0.0275. The van der Waals surface area contributed by atoms with E-state index in [0.717, 1.165) is 0 Å². The van der Waals surface area contributed by atoms with Crippen molar-refractivity contribution in [2.45, 2.75) is 25.9 Å². The van der Waals surface area contributed by atoms with Crippen LogP contribution in [0.1, 0.15) is 24.7 Å². The molecule has 2 aliphatic rings. The SMILES string of the molecule is CC(=O)NCC1CC(c2ccc(N3CCN(C(=O)Cc4ncn[nH]4)CC3)c(F)c2)=NO1. The highest BCUT2D eigenvalue weighted by Gasteiger charge is 2.26. The number of carbonyl (C=O) groups excluding carboxylic acids is 2. The van der Waals surface area contributed by atoms with Gasteiger partial charge in [0.15, 0.2) is 0 Å². The van der Waals surface area contributed by atoms with E-state index < -0.39 is 0 Å². The molecule has 11 heteroatoms. The summed E-state index contributed by atoms with van der Waals surface area (Å²) in [5, 5.41) is 13.2. The summed E-state index contributed by atoms with van der Waals surface area (Å²) in [6.07, 6.45) is 1.81. The maximum Gasteiger partial charge on any atom is 0.230 e. The van der Waals surface area contributed by atoms with Crippen molar-refractivity contribution < 1.29 is 18.8 Å². The molecular formula is C20H24FN7O3. The minimum atomic E-state index is -0.341. The molecule has 2 aromatic rings. The van der Waals surface area contributed by atoms with Crippen LogP contribution >= 0.6 is 0 Å². The predicted molar refractivity (Wildman–Crippen MR) is 110 cm³/mol. The number of piperazine rings is 1. The molecule has 1 aromatic heterocycles. The Morgan fingerprint density at radius 3 is 2.77 bits per heavy atom. The second-order valence-electron chi connectivity index (χ2n) is 7.55. The number of benzene rings is 1. The van der Waals surface area contributed by atoms with E-state index in [1.54, 1.807) is 11.0 Å². The van der Waals surface area contributed by atoms with Crippen LogP contribution in [0.5, 0.6) is 0 Å². The molecule has 0 bridgehead atoms. The van der Waals surface area contributed by atoms with Gasteiger partial charge < -0.3 is 20.0 Å². The zero-order chi connectivity index (χ0) is 21.8. The molecule has 0 saturated carbocycles. The summed E-state index contributed by atoms with van der Waals surface area (Å²) in [4.78, 5) is 36.4. The Balaban J connectivity index is 1.32. The molecule has 0 aliphatic carbocycles. The van der Waals surface area contributed by atoms with Crippen molar-refractivity contribution in [1.29, 1.82) is 0 Å². The standard InChI is InChI=1S/C20H24FN7O3/c1-13(29)22-11-15-9-17(26-31-15)14-2-3-18(16(21)8-14)27-4-6-28(7-5-27)20(30)10-19-23-12-24-25-19/h2-3,8,12,15H,4-7,9-11H2,1H3,(H,22,29)(H,23,24,25). The number of aromatic amines is 1. The molecule has 2 aliphatic heterocycles. The molecule has 3 heterocycles. The van der Waals surface area contributed by atoms with Gasteiger partial charge in [0.1, 0.15) is 24.1 Å². The fraction of sp³-hybridized carbons (Fsp3) is 0.450. The monoisotopic (exact) mass is 429 g/mol. The van der Waals surface area contributed by atoms with Gasteiger partial charge in [-0.2, -0.15) is 5.10 Å². The number of halogens is 1. The number of aromatic nitrogens is 3. The van der Waals surface area contributed by atoms with Gasteiger partial charge in [-0.05, 0) is 12.1 Å². The van der Waals surface area contributed by atoms with Crippen molar-refractivity contribution in [2.75, 3.05) is 37.6 Å².